The fourth-order valence-corrected chi connectivity index (χ4v) is 2.05. The Hall–Kier alpha value is -1.55. The molecule has 0 aromatic heterocycles. The first-order valence-corrected chi connectivity index (χ1v) is 7.14. The van der Waals surface area contributed by atoms with E-state index in [9.17, 15) is 9.59 Å². The normalized spacial score (nSPS) is 10.2. The summed E-state index contributed by atoms with van der Waals surface area (Å²) in [5.41, 5.74) is 1.71. The summed E-state index contributed by atoms with van der Waals surface area (Å²) in [6.07, 6.45) is 1.18. The topological polar surface area (TPSA) is 49.4 Å². The van der Waals surface area contributed by atoms with Gasteiger partial charge in [0.15, 0.2) is 0 Å². The third-order valence-electron chi connectivity index (χ3n) is 2.98. The lowest BCUT2D eigenvalue weighted by molar-refractivity contribution is -0.121. The average Bonchev–Trinajstić information content (AvgIpc) is 2.40. The van der Waals surface area contributed by atoms with Gasteiger partial charge in [-0.1, -0.05) is 24.6 Å². The van der Waals surface area contributed by atoms with Gasteiger partial charge in [0.25, 0.3) is 0 Å². The van der Waals surface area contributed by atoms with Gasteiger partial charge in [0.1, 0.15) is 0 Å². The van der Waals surface area contributed by atoms with Crippen molar-refractivity contribution in [1.82, 2.24) is 5.32 Å². The molecule has 0 aliphatic rings. The molecule has 1 aromatic carbocycles. The molecule has 2 amide bonds. The smallest absolute Gasteiger partial charge is 0.223 e. The maximum absolute atomic E-state index is 11.8. The van der Waals surface area contributed by atoms with Crippen molar-refractivity contribution in [1.29, 1.82) is 0 Å². The highest BCUT2D eigenvalue weighted by molar-refractivity contribution is 6.31. The average molecular weight is 297 g/mol. The molecule has 0 saturated heterocycles. The number of carbonyl (C=O) groups is 2. The molecule has 20 heavy (non-hydrogen) atoms. The fourth-order valence-electron chi connectivity index (χ4n) is 1.89. The van der Waals surface area contributed by atoms with Crippen LogP contribution in [0.1, 0.15) is 32.3 Å². The number of nitrogens with one attached hydrogen (secondary N) is 1. The Morgan fingerprint density at radius 1 is 1.35 bits per heavy atom. The Labute approximate surface area is 125 Å². The van der Waals surface area contributed by atoms with E-state index in [1.165, 1.54) is 6.92 Å². The first kappa shape index (κ1) is 16.5. The molecule has 5 heteroatoms. The molecular formula is C15H21ClN2O2. The Bertz CT molecular complexity index is 489. The van der Waals surface area contributed by atoms with Crippen molar-refractivity contribution in [2.75, 3.05) is 18.0 Å². The predicted molar refractivity (Wildman–Crippen MR) is 82.1 cm³/mol. The Morgan fingerprint density at radius 2 is 2.05 bits per heavy atom. The van der Waals surface area contributed by atoms with E-state index in [-0.39, 0.29) is 18.2 Å². The molecule has 4 nitrogen and oxygen atoms in total. The molecule has 0 aliphatic heterocycles. The van der Waals surface area contributed by atoms with E-state index in [4.69, 9.17) is 11.6 Å². The van der Waals surface area contributed by atoms with Crippen molar-refractivity contribution in [3.63, 3.8) is 0 Å². The second-order valence-corrected chi connectivity index (χ2v) is 5.14. The van der Waals surface area contributed by atoms with Gasteiger partial charge in [-0.2, -0.15) is 0 Å². The highest BCUT2D eigenvalue weighted by Crippen LogP contribution is 2.24. The van der Waals surface area contributed by atoms with Crippen LogP contribution in [0.4, 0.5) is 5.69 Å². The van der Waals surface area contributed by atoms with E-state index in [2.05, 4.69) is 5.32 Å². The highest BCUT2D eigenvalue weighted by Gasteiger charge is 2.15. The summed E-state index contributed by atoms with van der Waals surface area (Å²) in [4.78, 5) is 25.0. The first-order chi connectivity index (χ1) is 9.45. The summed E-state index contributed by atoms with van der Waals surface area (Å²) in [7, 11) is 0. The van der Waals surface area contributed by atoms with Gasteiger partial charge in [-0.05, 0) is 31.0 Å². The molecule has 1 aromatic rings. The molecule has 0 fully saturated rings. The molecule has 0 radical (unpaired) electrons. The second kappa shape index (κ2) is 7.90. The Morgan fingerprint density at radius 3 is 2.65 bits per heavy atom. The number of hydrogen-bond donors (Lipinski definition) is 1. The molecule has 1 N–H and O–H groups in total. The van der Waals surface area contributed by atoms with Gasteiger partial charge in [0, 0.05) is 37.1 Å². The van der Waals surface area contributed by atoms with Crippen molar-refractivity contribution in [2.45, 2.75) is 33.6 Å². The minimum atomic E-state index is -0.0985. The highest BCUT2D eigenvalue weighted by atomic mass is 35.5. The SMILES string of the molecule is CCCNC(=O)CCN(C(C)=O)c1cc(Cl)ccc1C. The van der Waals surface area contributed by atoms with Crippen LogP contribution in [0.3, 0.4) is 0 Å². The summed E-state index contributed by atoms with van der Waals surface area (Å²) in [6, 6.07) is 5.40. The van der Waals surface area contributed by atoms with Gasteiger partial charge in [0.2, 0.25) is 11.8 Å². The third kappa shape index (κ3) is 4.85. The standard InChI is InChI=1S/C15H21ClN2O2/c1-4-8-17-15(20)7-9-18(12(3)19)14-10-13(16)6-5-11(14)2/h5-6,10H,4,7-9H2,1-3H3,(H,17,20). The van der Waals surface area contributed by atoms with Crippen LogP contribution in [-0.2, 0) is 9.59 Å². The summed E-state index contributed by atoms with van der Waals surface area (Å²) in [5, 5.41) is 3.38. The van der Waals surface area contributed by atoms with Crippen LogP contribution < -0.4 is 10.2 Å². The zero-order valence-corrected chi connectivity index (χ0v) is 13.0. The van der Waals surface area contributed by atoms with Crippen LogP contribution in [0.2, 0.25) is 5.02 Å². The van der Waals surface area contributed by atoms with E-state index < -0.39 is 0 Å². The maximum atomic E-state index is 11.8. The third-order valence-corrected chi connectivity index (χ3v) is 3.21. The lowest BCUT2D eigenvalue weighted by Gasteiger charge is -2.23. The van der Waals surface area contributed by atoms with Crippen LogP contribution in [0.5, 0.6) is 0 Å². The quantitative estimate of drug-likeness (QED) is 0.877. The number of anilines is 1. The predicted octanol–water partition coefficient (Wildman–Crippen LogP) is 2.92. The summed E-state index contributed by atoms with van der Waals surface area (Å²) >= 11 is 5.98. The number of benzene rings is 1. The number of aryl methyl sites for hydroxylation is 1. The molecule has 0 saturated carbocycles. The number of halogens is 1. The van der Waals surface area contributed by atoms with E-state index in [1.807, 2.05) is 19.9 Å². The number of rotatable bonds is 6. The zero-order chi connectivity index (χ0) is 15.1. The zero-order valence-electron chi connectivity index (χ0n) is 12.2. The Balaban J connectivity index is 2.77. The van der Waals surface area contributed by atoms with Gasteiger partial charge >= 0.3 is 0 Å². The van der Waals surface area contributed by atoms with Crippen LogP contribution >= 0.6 is 11.6 Å². The number of nitrogens with zero attached hydrogens (tertiary/aromatic N) is 1. The van der Waals surface area contributed by atoms with Crippen molar-refractivity contribution in [3.05, 3.63) is 28.8 Å². The van der Waals surface area contributed by atoms with Crippen LogP contribution in [0, 0.1) is 6.92 Å². The molecular weight excluding hydrogens is 276 g/mol. The van der Waals surface area contributed by atoms with Crippen molar-refractivity contribution in [2.24, 2.45) is 0 Å². The summed E-state index contributed by atoms with van der Waals surface area (Å²) < 4.78 is 0. The van der Waals surface area contributed by atoms with E-state index in [1.54, 1.807) is 17.0 Å². The van der Waals surface area contributed by atoms with Crippen LogP contribution in [0.25, 0.3) is 0 Å². The lowest BCUT2D eigenvalue weighted by atomic mass is 10.1. The second-order valence-electron chi connectivity index (χ2n) is 4.70. The van der Waals surface area contributed by atoms with Gasteiger partial charge < -0.3 is 10.2 Å². The molecule has 0 spiro atoms. The van der Waals surface area contributed by atoms with Gasteiger partial charge in [0.05, 0.1) is 0 Å². The number of hydrogen-bond acceptors (Lipinski definition) is 2. The van der Waals surface area contributed by atoms with Crippen molar-refractivity contribution >= 4 is 29.1 Å². The Kier molecular flexibility index (Phi) is 6.52. The molecule has 0 unspecified atom stereocenters. The molecule has 0 heterocycles. The minimum Gasteiger partial charge on any atom is -0.356 e. The number of amides is 2. The molecule has 0 bridgehead atoms. The lowest BCUT2D eigenvalue weighted by Crippen LogP contribution is -2.34. The van der Waals surface area contributed by atoms with Gasteiger partial charge in [-0.25, -0.2) is 0 Å². The fraction of sp³-hybridized carbons (Fsp3) is 0.467. The molecule has 1 rings (SSSR count). The van der Waals surface area contributed by atoms with E-state index in [0.717, 1.165) is 17.7 Å². The summed E-state index contributed by atoms with van der Waals surface area (Å²) in [6.45, 7) is 6.42. The summed E-state index contributed by atoms with van der Waals surface area (Å²) in [5.74, 6) is -0.142. The molecule has 0 aliphatic carbocycles. The van der Waals surface area contributed by atoms with Crippen molar-refractivity contribution < 1.29 is 9.59 Å². The molecule has 110 valence electrons. The van der Waals surface area contributed by atoms with Gasteiger partial charge in [-0.3, -0.25) is 9.59 Å². The number of carbonyl (C=O) groups excluding carboxylic acids is 2. The van der Waals surface area contributed by atoms with Gasteiger partial charge in [-0.15, -0.1) is 0 Å². The van der Waals surface area contributed by atoms with E-state index >= 15 is 0 Å². The van der Waals surface area contributed by atoms with Crippen LogP contribution in [0.15, 0.2) is 18.2 Å². The first-order valence-electron chi connectivity index (χ1n) is 6.76. The largest absolute Gasteiger partial charge is 0.356 e. The maximum Gasteiger partial charge on any atom is 0.223 e. The van der Waals surface area contributed by atoms with E-state index in [0.29, 0.717) is 18.1 Å². The molecule has 0 atom stereocenters. The van der Waals surface area contributed by atoms with Crippen LogP contribution in [-0.4, -0.2) is 24.9 Å². The van der Waals surface area contributed by atoms with Crippen molar-refractivity contribution in [3.8, 4) is 0 Å². The minimum absolute atomic E-state index is 0.0437. The monoisotopic (exact) mass is 296 g/mol.